The molecule has 0 aliphatic carbocycles. The molecule has 0 unspecified atom stereocenters. The van der Waals surface area contributed by atoms with Gasteiger partial charge in [-0.05, 0) is 28.1 Å². The monoisotopic (exact) mass is 279 g/mol. The molecule has 0 spiro atoms. The van der Waals surface area contributed by atoms with Gasteiger partial charge in [0.2, 0.25) is 0 Å². The van der Waals surface area contributed by atoms with Gasteiger partial charge >= 0.3 is 0 Å². The summed E-state index contributed by atoms with van der Waals surface area (Å²) in [7, 11) is 1.86. The lowest BCUT2D eigenvalue weighted by Crippen LogP contribution is -1.94. The first kappa shape index (κ1) is 10.8. The first-order valence-electron chi connectivity index (χ1n) is 4.65. The van der Waals surface area contributed by atoms with Crippen molar-refractivity contribution >= 4 is 28.0 Å². The molecular weight excluding hydrogens is 270 g/mol. The second-order valence-corrected chi connectivity index (χ2v) is 3.98. The molecule has 16 heavy (non-hydrogen) atoms. The number of aryl methyl sites for hydroxylation is 1. The average molecular weight is 280 g/mol. The van der Waals surface area contributed by atoms with Crippen LogP contribution in [0.4, 0.5) is 5.82 Å². The second-order valence-electron chi connectivity index (χ2n) is 3.12. The van der Waals surface area contributed by atoms with Crippen LogP contribution < -0.4 is 5.43 Å². The van der Waals surface area contributed by atoms with Gasteiger partial charge in [-0.15, -0.1) is 0 Å². The zero-order chi connectivity index (χ0) is 11.4. The quantitative estimate of drug-likeness (QED) is 0.691. The Morgan fingerprint density at radius 2 is 2.38 bits per heavy atom. The van der Waals surface area contributed by atoms with Gasteiger partial charge in [-0.3, -0.25) is 10.1 Å². The van der Waals surface area contributed by atoms with E-state index in [9.17, 15) is 0 Å². The van der Waals surface area contributed by atoms with Gasteiger partial charge in [0.1, 0.15) is 11.5 Å². The number of aromatic nitrogens is 3. The van der Waals surface area contributed by atoms with Crippen LogP contribution in [0.2, 0.25) is 0 Å². The van der Waals surface area contributed by atoms with Crippen molar-refractivity contribution in [2.45, 2.75) is 0 Å². The summed E-state index contributed by atoms with van der Waals surface area (Å²) in [5.41, 5.74) is 3.59. The molecule has 1 N–H and O–H groups in total. The van der Waals surface area contributed by atoms with E-state index in [4.69, 9.17) is 0 Å². The van der Waals surface area contributed by atoms with E-state index in [1.807, 2.05) is 31.4 Å². The number of hydrogen-bond acceptors (Lipinski definition) is 4. The summed E-state index contributed by atoms with van der Waals surface area (Å²) >= 11 is 3.39. The van der Waals surface area contributed by atoms with Crippen LogP contribution in [0.1, 0.15) is 5.69 Å². The van der Waals surface area contributed by atoms with Crippen LogP contribution in [-0.4, -0.2) is 21.0 Å². The Morgan fingerprint density at radius 1 is 1.50 bits per heavy atom. The number of rotatable bonds is 3. The SMILES string of the molecule is Cn1cc(Br)c(/C=N/Nc2ccccn2)n1. The molecule has 82 valence electrons. The van der Waals surface area contributed by atoms with Gasteiger partial charge in [0.15, 0.2) is 0 Å². The maximum absolute atomic E-state index is 4.20. The van der Waals surface area contributed by atoms with Crippen molar-refractivity contribution in [3.05, 3.63) is 40.8 Å². The fourth-order valence-electron chi connectivity index (χ4n) is 1.15. The normalized spacial score (nSPS) is 10.9. The Morgan fingerprint density at radius 3 is 3.00 bits per heavy atom. The van der Waals surface area contributed by atoms with E-state index in [0.29, 0.717) is 5.82 Å². The molecule has 0 aliphatic rings. The number of nitrogens with zero attached hydrogens (tertiary/aromatic N) is 4. The van der Waals surface area contributed by atoms with Crippen LogP contribution in [0.3, 0.4) is 0 Å². The number of pyridine rings is 1. The van der Waals surface area contributed by atoms with Gasteiger partial charge in [0, 0.05) is 19.4 Å². The fourth-order valence-corrected chi connectivity index (χ4v) is 1.63. The molecule has 2 rings (SSSR count). The molecule has 0 aliphatic heterocycles. The Bertz CT molecular complexity index is 491. The molecule has 0 amide bonds. The standard InChI is InChI=1S/C10H10BrN5/c1-16-7-8(11)9(15-16)6-13-14-10-4-2-3-5-12-10/h2-7H,1H3,(H,12,14)/b13-6+. The molecule has 0 saturated heterocycles. The number of halogens is 1. The number of hydrazone groups is 1. The largest absolute Gasteiger partial charge is 0.274 e. The molecule has 0 bridgehead atoms. The van der Waals surface area contributed by atoms with Crippen molar-refractivity contribution in [2.75, 3.05) is 5.43 Å². The molecule has 2 aromatic heterocycles. The molecule has 2 heterocycles. The molecule has 2 aromatic rings. The predicted octanol–water partition coefficient (Wildman–Crippen LogP) is 2.02. The Balaban J connectivity index is 2.03. The fraction of sp³-hybridized carbons (Fsp3) is 0.100. The van der Waals surface area contributed by atoms with Crippen molar-refractivity contribution in [2.24, 2.45) is 12.1 Å². The van der Waals surface area contributed by atoms with Gasteiger partial charge in [-0.25, -0.2) is 4.98 Å². The topological polar surface area (TPSA) is 55.1 Å². The summed E-state index contributed by atoms with van der Waals surface area (Å²) in [6, 6.07) is 5.58. The molecule has 0 fully saturated rings. The highest BCUT2D eigenvalue weighted by molar-refractivity contribution is 9.10. The average Bonchev–Trinajstić information content (AvgIpc) is 2.59. The van der Waals surface area contributed by atoms with E-state index >= 15 is 0 Å². The third-order valence-corrected chi connectivity index (χ3v) is 2.45. The maximum Gasteiger partial charge on any atom is 0.146 e. The summed E-state index contributed by atoms with van der Waals surface area (Å²) in [6.07, 6.45) is 5.20. The van der Waals surface area contributed by atoms with Crippen LogP contribution in [0.25, 0.3) is 0 Å². The molecule has 0 radical (unpaired) electrons. The number of hydrogen-bond donors (Lipinski definition) is 1. The smallest absolute Gasteiger partial charge is 0.146 e. The molecule has 0 atom stereocenters. The Hall–Kier alpha value is -1.69. The number of nitrogens with one attached hydrogen (secondary N) is 1. The lowest BCUT2D eigenvalue weighted by molar-refractivity contribution is 0.765. The Kier molecular flexibility index (Phi) is 3.31. The van der Waals surface area contributed by atoms with E-state index < -0.39 is 0 Å². The minimum atomic E-state index is 0.700. The van der Waals surface area contributed by atoms with Crippen molar-refractivity contribution in [1.29, 1.82) is 0 Å². The summed E-state index contributed by atoms with van der Waals surface area (Å²) in [5.74, 6) is 0.700. The van der Waals surface area contributed by atoms with E-state index in [0.717, 1.165) is 10.2 Å². The first-order valence-corrected chi connectivity index (χ1v) is 5.44. The Labute approximate surface area is 101 Å². The summed E-state index contributed by atoms with van der Waals surface area (Å²) in [4.78, 5) is 4.08. The zero-order valence-corrected chi connectivity index (χ0v) is 10.2. The first-order chi connectivity index (χ1) is 7.75. The number of anilines is 1. The predicted molar refractivity (Wildman–Crippen MR) is 66.4 cm³/mol. The molecule has 0 aromatic carbocycles. The molecular formula is C10H10BrN5. The molecule has 6 heteroatoms. The lowest BCUT2D eigenvalue weighted by Gasteiger charge is -1.95. The van der Waals surface area contributed by atoms with Crippen LogP contribution in [0, 0.1) is 0 Å². The highest BCUT2D eigenvalue weighted by atomic mass is 79.9. The highest BCUT2D eigenvalue weighted by Gasteiger charge is 2.00. The van der Waals surface area contributed by atoms with E-state index in [-0.39, 0.29) is 0 Å². The second kappa shape index (κ2) is 4.89. The third-order valence-electron chi connectivity index (χ3n) is 1.84. The minimum absolute atomic E-state index is 0.700. The van der Waals surface area contributed by atoms with E-state index in [1.54, 1.807) is 17.1 Å². The van der Waals surface area contributed by atoms with Gasteiger partial charge in [0.05, 0.1) is 10.7 Å². The third kappa shape index (κ3) is 2.66. The van der Waals surface area contributed by atoms with Crippen LogP contribution >= 0.6 is 15.9 Å². The van der Waals surface area contributed by atoms with Crippen molar-refractivity contribution in [3.8, 4) is 0 Å². The van der Waals surface area contributed by atoms with Crippen LogP contribution in [0.5, 0.6) is 0 Å². The summed E-state index contributed by atoms with van der Waals surface area (Å²) < 4.78 is 2.62. The maximum atomic E-state index is 4.20. The van der Waals surface area contributed by atoms with E-state index in [1.165, 1.54) is 0 Å². The minimum Gasteiger partial charge on any atom is -0.274 e. The van der Waals surface area contributed by atoms with Gasteiger partial charge in [-0.1, -0.05) is 6.07 Å². The lowest BCUT2D eigenvalue weighted by atomic mass is 10.5. The highest BCUT2D eigenvalue weighted by Crippen LogP contribution is 2.11. The summed E-state index contributed by atoms with van der Waals surface area (Å²) in [6.45, 7) is 0. The molecule has 0 saturated carbocycles. The van der Waals surface area contributed by atoms with Gasteiger partial charge in [-0.2, -0.15) is 10.2 Å². The summed E-state index contributed by atoms with van der Waals surface area (Å²) in [5, 5.41) is 8.24. The molecule has 5 nitrogen and oxygen atoms in total. The van der Waals surface area contributed by atoms with Crippen molar-refractivity contribution in [1.82, 2.24) is 14.8 Å². The van der Waals surface area contributed by atoms with Crippen LogP contribution in [0.15, 0.2) is 40.2 Å². The van der Waals surface area contributed by atoms with Crippen molar-refractivity contribution in [3.63, 3.8) is 0 Å². The van der Waals surface area contributed by atoms with Crippen molar-refractivity contribution < 1.29 is 0 Å². The zero-order valence-electron chi connectivity index (χ0n) is 8.63. The van der Waals surface area contributed by atoms with E-state index in [2.05, 4.69) is 36.5 Å². The van der Waals surface area contributed by atoms with Gasteiger partial charge in [0.25, 0.3) is 0 Å². The van der Waals surface area contributed by atoms with Gasteiger partial charge < -0.3 is 0 Å². The van der Waals surface area contributed by atoms with Crippen LogP contribution in [-0.2, 0) is 7.05 Å².